The van der Waals surface area contributed by atoms with Crippen molar-refractivity contribution < 1.29 is 0 Å². The lowest BCUT2D eigenvalue weighted by atomic mass is 9.63. The standard InChI is InChI=1S/C15H27N5/c1-10-8-17-13(20-16)19-12(10)18-11-6-14(2,3)9-15(4,5)7-11/h8,11H,6-7,9,16H2,1-5H3,(H2,17,18,19,20). The number of aryl methyl sites for hydroxylation is 1. The van der Waals surface area contributed by atoms with Crippen molar-refractivity contribution in [3.63, 3.8) is 0 Å². The Hall–Kier alpha value is -1.36. The second kappa shape index (κ2) is 5.20. The van der Waals surface area contributed by atoms with E-state index in [0.717, 1.165) is 24.2 Å². The van der Waals surface area contributed by atoms with Crippen molar-refractivity contribution in [2.75, 3.05) is 10.7 Å². The maximum atomic E-state index is 5.39. The fourth-order valence-corrected chi connectivity index (χ4v) is 3.80. The number of nitrogen functional groups attached to an aromatic ring is 1. The van der Waals surface area contributed by atoms with Crippen LogP contribution in [0.4, 0.5) is 11.8 Å². The molecule has 0 radical (unpaired) electrons. The van der Waals surface area contributed by atoms with E-state index >= 15 is 0 Å². The molecule has 1 aliphatic rings. The van der Waals surface area contributed by atoms with E-state index < -0.39 is 0 Å². The molecule has 4 N–H and O–H groups in total. The molecule has 1 heterocycles. The second-order valence-corrected chi connectivity index (χ2v) is 7.62. The fourth-order valence-electron chi connectivity index (χ4n) is 3.80. The first-order valence-electron chi connectivity index (χ1n) is 7.28. The van der Waals surface area contributed by atoms with Crippen molar-refractivity contribution in [3.05, 3.63) is 11.8 Å². The Morgan fingerprint density at radius 1 is 1.20 bits per heavy atom. The molecule has 0 amide bonds. The number of rotatable bonds is 3. The zero-order chi connectivity index (χ0) is 15.0. The van der Waals surface area contributed by atoms with Crippen LogP contribution in [0.25, 0.3) is 0 Å². The van der Waals surface area contributed by atoms with Gasteiger partial charge in [-0.25, -0.2) is 10.8 Å². The molecule has 112 valence electrons. The number of nitrogens with two attached hydrogens (primary N) is 1. The van der Waals surface area contributed by atoms with Gasteiger partial charge >= 0.3 is 0 Å². The van der Waals surface area contributed by atoms with E-state index in [1.807, 2.05) is 6.92 Å². The molecule has 5 nitrogen and oxygen atoms in total. The summed E-state index contributed by atoms with van der Waals surface area (Å²) < 4.78 is 0. The van der Waals surface area contributed by atoms with Gasteiger partial charge in [0.25, 0.3) is 0 Å². The summed E-state index contributed by atoms with van der Waals surface area (Å²) >= 11 is 0. The first-order chi connectivity index (χ1) is 9.21. The predicted molar refractivity (Wildman–Crippen MR) is 83.4 cm³/mol. The highest BCUT2D eigenvalue weighted by Gasteiger charge is 2.38. The summed E-state index contributed by atoms with van der Waals surface area (Å²) in [6.07, 6.45) is 5.37. The predicted octanol–water partition coefficient (Wildman–Crippen LogP) is 3.09. The normalized spacial score (nSPS) is 21.5. The van der Waals surface area contributed by atoms with E-state index in [2.05, 4.69) is 48.4 Å². The van der Waals surface area contributed by atoms with Crippen molar-refractivity contribution in [2.45, 2.75) is 59.9 Å². The van der Waals surface area contributed by atoms with Crippen LogP contribution in [0.5, 0.6) is 0 Å². The largest absolute Gasteiger partial charge is 0.367 e. The minimum atomic E-state index is 0.356. The first-order valence-corrected chi connectivity index (χ1v) is 7.28. The van der Waals surface area contributed by atoms with Gasteiger partial charge in [-0.15, -0.1) is 0 Å². The van der Waals surface area contributed by atoms with Crippen LogP contribution >= 0.6 is 0 Å². The van der Waals surface area contributed by atoms with E-state index in [4.69, 9.17) is 5.84 Å². The monoisotopic (exact) mass is 277 g/mol. The van der Waals surface area contributed by atoms with E-state index in [1.165, 1.54) is 6.42 Å². The van der Waals surface area contributed by atoms with Crippen molar-refractivity contribution in [3.8, 4) is 0 Å². The highest BCUT2D eigenvalue weighted by Crippen LogP contribution is 2.46. The van der Waals surface area contributed by atoms with Gasteiger partial charge in [-0.3, -0.25) is 5.43 Å². The maximum absolute atomic E-state index is 5.39. The average Bonchev–Trinajstić information content (AvgIpc) is 2.28. The fraction of sp³-hybridized carbons (Fsp3) is 0.733. The third kappa shape index (κ3) is 3.60. The molecule has 1 saturated carbocycles. The van der Waals surface area contributed by atoms with Gasteiger partial charge < -0.3 is 5.32 Å². The van der Waals surface area contributed by atoms with Gasteiger partial charge in [-0.05, 0) is 37.0 Å². The molecule has 0 saturated heterocycles. The van der Waals surface area contributed by atoms with Crippen molar-refractivity contribution in [1.82, 2.24) is 9.97 Å². The summed E-state index contributed by atoms with van der Waals surface area (Å²) in [7, 11) is 0. The van der Waals surface area contributed by atoms with Crippen LogP contribution in [0.2, 0.25) is 0 Å². The smallest absolute Gasteiger partial charge is 0.239 e. The second-order valence-electron chi connectivity index (χ2n) is 7.62. The summed E-state index contributed by atoms with van der Waals surface area (Å²) in [6.45, 7) is 11.4. The van der Waals surface area contributed by atoms with Gasteiger partial charge in [0.1, 0.15) is 5.82 Å². The van der Waals surface area contributed by atoms with Crippen molar-refractivity contribution >= 4 is 11.8 Å². The number of hydrogen-bond acceptors (Lipinski definition) is 5. The molecule has 0 aromatic carbocycles. The van der Waals surface area contributed by atoms with E-state index in [9.17, 15) is 0 Å². The van der Waals surface area contributed by atoms with Crippen molar-refractivity contribution in [2.24, 2.45) is 16.7 Å². The Morgan fingerprint density at radius 2 is 1.80 bits per heavy atom. The van der Waals surface area contributed by atoms with Gasteiger partial charge in [0.05, 0.1) is 0 Å². The van der Waals surface area contributed by atoms with Crippen LogP contribution in [0.3, 0.4) is 0 Å². The third-order valence-electron chi connectivity index (χ3n) is 4.00. The molecule has 0 unspecified atom stereocenters. The molecule has 0 aliphatic heterocycles. The van der Waals surface area contributed by atoms with Gasteiger partial charge in [0.15, 0.2) is 0 Å². The Balaban J connectivity index is 2.17. The van der Waals surface area contributed by atoms with Gasteiger partial charge in [-0.1, -0.05) is 27.7 Å². The Kier molecular flexibility index (Phi) is 3.91. The number of hydrogen-bond donors (Lipinski definition) is 3. The Bertz CT molecular complexity index is 465. The zero-order valence-corrected chi connectivity index (χ0v) is 13.2. The summed E-state index contributed by atoms with van der Waals surface area (Å²) in [5.41, 5.74) is 4.26. The molecule has 1 aromatic rings. The minimum absolute atomic E-state index is 0.356. The Labute approximate surface area is 121 Å². The number of hydrazine groups is 1. The minimum Gasteiger partial charge on any atom is -0.367 e. The number of aromatic nitrogens is 2. The molecular formula is C15H27N5. The van der Waals surface area contributed by atoms with Crippen LogP contribution in [0.15, 0.2) is 6.20 Å². The highest BCUT2D eigenvalue weighted by atomic mass is 15.3. The summed E-state index contributed by atoms with van der Waals surface area (Å²) in [6, 6.07) is 0.438. The zero-order valence-electron chi connectivity index (χ0n) is 13.2. The van der Waals surface area contributed by atoms with E-state index in [1.54, 1.807) is 6.20 Å². The summed E-state index contributed by atoms with van der Waals surface area (Å²) in [5.74, 6) is 6.72. The van der Waals surface area contributed by atoms with Gasteiger partial charge in [0.2, 0.25) is 5.95 Å². The molecular weight excluding hydrogens is 250 g/mol. The molecule has 1 aromatic heterocycles. The maximum Gasteiger partial charge on any atom is 0.239 e. The lowest BCUT2D eigenvalue weighted by Gasteiger charge is -2.45. The first kappa shape index (κ1) is 15.0. The average molecular weight is 277 g/mol. The molecule has 5 heteroatoms. The van der Waals surface area contributed by atoms with Crippen LogP contribution in [0.1, 0.15) is 52.5 Å². The van der Waals surface area contributed by atoms with Crippen LogP contribution in [-0.4, -0.2) is 16.0 Å². The summed E-state index contributed by atoms with van der Waals surface area (Å²) in [5, 5.41) is 3.59. The SMILES string of the molecule is Cc1cnc(NN)nc1NC1CC(C)(C)CC(C)(C)C1. The van der Waals surface area contributed by atoms with Crippen LogP contribution < -0.4 is 16.6 Å². The number of anilines is 2. The molecule has 0 atom stereocenters. The molecule has 1 aliphatic carbocycles. The quantitative estimate of drug-likeness (QED) is 0.584. The highest BCUT2D eigenvalue weighted by molar-refractivity contribution is 5.47. The lowest BCUT2D eigenvalue weighted by molar-refractivity contribution is 0.105. The van der Waals surface area contributed by atoms with Crippen LogP contribution in [0, 0.1) is 17.8 Å². The number of nitrogens with one attached hydrogen (secondary N) is 2. The third-order valence-corrected chi connectivity index (χ3v) is 4.00. The molecule has 2 rings (SSSR count). The molecule has 0 spiro atoms. The van der Waals surface area contributed by atoms with Gasteiger partial charge in [-0.2, -0.15) is 4.98 Å². The Morgan fingerprint density at radius 3 is 2.35 bits per heavy atom. The van der Waals surface area contributed by atoms with Crippen molar-refractivity contribution in [1.29, 1.82) is 0 Å². The van der Waals surface area contributed by atoms with E-state index in [-0.39, 0.29) is 0 Å². The molecule has 20 heavy (non-hydrogen) atoms. The summed E-state index contributed by atoms with van der Waals surface area (Å²) in [4.78, 5) is 8.54. The topological polar surface area (TPSA) is 75.9 Å². The molecule has 1 fully saturated rings. The lowest BCUT2D eigenvalue weighted by Crippen LogP contribution is -2.40. The molecule has 0 bridgehead atoms. The van der Waals surface area contributed by atoms with Crippen LogP contribution in [-0.2, 0) is 0 Å². The van der Waals surface area contributed by atoms with Gasteiger partial charge in [0, 0.05) is 17.8 Å². The van der Waals surface area contributed by atoms with E-state index in [0.29, 0.717) is 22.8 Å². The number of nitrogens with zero attached hydrogens (tertiary/aromatic N) is 2.